The quantitative estimate of drug-likeness (QED) is 0.386. The van der Waals surface area contributed by atoms with Crippen LogP contribution in [0.25, 0.3) is 0 Å². The monoisotopic (exact) mass is 377 g/mol. The van der Waals surface area contributed by atoms with Crippen LogP contribution in [0.15, 0.2) is 29.3 Å². The lowest BCUT2D eigenvalue weighted by Crippen LogP contribution is -2.47. The van der Waals surface area contributed by atoms with E-state index in [-0.39, 0.29) is 0 Å². The highest BCUT2D eigenvalue weighted by molar-refractivity contribution is 5.79. The molecule has 2 rings (SSSR count). The fourth-order valence-electron chi connectivity index (χ4n) is 3.34. The van der Waals surface area contributed by atoms with Crippen molar-refractivity contribution in [3.8, 4) is 5.75 Å². The van der Waals surface area contributed by atoms with Gasteiger partial charge in [-0.25, -0.2) is 0 Å². The third kappa shape index (κ3) is 7.77. The molecule has 1 N–H and O–H groups in total. The number of likely N-dealkylation sites (tertiary alicyclic amines) is 1. The molecule has 27 heavy (non-hydrogen) atoms. The number of aryl methyl sites for hydroxylation is 1. The number of benzene rings is 1. The standard InChI is InChI=1S/C21H35N3O3/c1-22-21(23-12-5-8-18-7-4-9-20(17-18)26-3)24-13-10-19(11-14-24)27-16-6-15-25-2/h4,7,9,17,19H,5-6,8,10-16H2,1-3H3,(H,22,23). The number of guanidine groups is 1. The van der Waals surface area contributed by atoms with Gasteiger partial charge in [0.2, 0.25) is 0 Å². The maximum Gasteiger partial charge on any atom is 0.193 e. The lowest BCUT2D eigenvalue weighted by molar-refractivity contribution is 0.00991. The molecule has 1 heterocycles. The summed E-state index contributed by atoms with van der Waals surface area (Å²) < 4.78 is 16.3. The molecule has 0 bridgehead atoms. The molecule has 1 aromatic rings. The van der Waals surface area contributed by atoms with E-state index in [1.165, 1.54) is 5.56 Å². The van der Waals surface area contributed by atoms with Crippen LogP contribution in [0.5, 0.6) is 5.75 Å². The van der Waals surface area contributed by atoms with Crippen LogP contribution >= 0.6 is 0 Å². The number of hydrogen-bond acceptors (Lipinski definition) is 4. The van der Waals surface area contributed by atoms with E-state index in [1.807, 2.05) is 19.2 Å². The fourth-order valence-corrected chi connectivity index (χ4v) is 3.34. The lowest BCUT2D eigenvalue weighted by atomic mass is 10.1. The third-order valence-corrected chi connectivity index (χ3v) is 4.86. The molecule has 0 unspecified atom stereocenters. The summed E-state index contributed by atoms with van der Waals surface area (Å²) in [7, 11) is 5.30. The second-order valence-corrected chi connectivity index (χ2v) is 6.83. The van der Waals surface area contributed by atoms with E-state index in [2.05, 4.69) is 27.3 Å². The minimum Gasteiger partial charge on any atom is -0.497 e. The second-order valence-electron chi connectivity index (χ2n) is 6.83. The average Bonchev–Trinajstić information content (AvgIpc) is 2.72. The van der Waals surface area contributed by atoms with Gasteiger partial charge in [0, 0.05) is 47.0 Å². The van der Waals surface area contributed by atoms with Gasteiger partial charge in [0.1, 0.15) is 5.75 Å². The number of piperidine rings is 1. The van der Waals surface area contributed by atoms with E-state index in [4.69, 9.17) is 14.2 Å². The van der Waals surface area contributed by atoms with E-state index in [0.29, 0.717) is 6.10 Å². The van der Waals surface area contributed by atoms with Crippen molar-refractivity contribution in [3.05, 3.63) is 29.8 Å². The number of nitrogens with one attached hydrogen (secondary N) is 1. The van der Waals surface area contributed by atoms with Crippen LogP contribution in [0.4, 0.5) is 0 Å². The van der Waals surface area contributed by atoms with E-state index in [1.54, 1.807) is 14.2 Å². The zero-order valence-electron chi connectivity index (χ0n) is 17.1. The predicted octanol–water partition coefficient (Wildman–Crippen LogP) is 2.72. The molecule has 6 nitrogen and oxygen atoms in total. The van der Waals surface area contributed by atoms with Crippen LogP contribution in [0.2, 0.25) is 0 Å². The summed E-state index contributed by atoms with van der Waals surface area (Å²) >= 11 is 0. The number of methoxy groups -OCH3 is 2. The summed E-state index contributed by atoms with van der Waals surface area (Å²) in [5, 5.41) is 3.50. The Balaban J connectivity index is 1.64. The Morgan fingerprint density at radius 1 is 1.19 bits per heavy atom. The van der Waals surface area contributed by atoms with Crippen LogP contribution in [0.3, 0.4) is 0 Å². The second kappa shape index (κ2) is 12.6. The van der Waals surface area contributed by atoms with Crippen molar-refractivity contribution in [2.75, 3.05) is 54.1 Å². The summed E-state index contributed by atoms with van der Waals surface area (Å²) in [6.45, 7) is 4.45. The maximum atomic E-state index is 5.94. The van der Waals surface area contributed by atoms with Gasteiger partial charge >= 0.3 is 0 Å². The molecule has 1 aliphatic rings. The molecule has 152 valence electrons. The number of aliphatic imine (C=N–C) groups is 1. The Morgan fingerprint density at radius 3 is 2.70 bits per heavy atom. The van der Waals surface area contributed by atoms with Crippen molar-refractivity contribution in [3.63, 3.8) is 0 Å². The molecule has 0 atom stereocenters. The Kier molecular flexibility index (Phi) is 10.0. The van der Waals surface area contributed by atoms with Crippen LogP contribution < -0.4 is 10.1 Å². The zero-order valence-corrected chi connectivity index (χ0v) is 17.1. The van der Waals surface area contributed by atoms with Crippen LogP contribution in [0.1, 0.15) is 31.2 Å². The van der Waals surface area contributed by atoms with Gasteiger partial charge in [-0.3, -0.25) is 4.99 Å². The van der Waals surface area contributed by atoms with Gasteiger partial charge in [0.05, 0.1) is 13.2 Å². The Morgan fingerprint density at radius 2 is 2.00 bits per heavy atom. The highest BCUT2D eigenvalue weighted by Crippen LogP contribution is 2.15. The van der Waals surface area contributed by atoms with E-state index in [0.717, 1.165) is 76.7 Å². The smallest absolute Gasteiger partial charge is 0.193 e. The summed E-state index contributed by atoms with van der Waals surface area (Å²) in [6.07, 6.45) is 5.52. The van der Waals surface area contributed by atoms with Gasteiger partial charge in [-0.15, -0.1) is 0 Å². The number of ether oxygens (including phenoxy) is 3. The maximum absolute atomic E-state index is 5.94. The van der Waals surface area contributed by atoms with Crippen molar-refractivity contribution < 1.29 is 14.2 Å². The molecule has 0 amide bonds. The largest absolute Gasteiger partial charge is 0.497 e. The molecule has 0 aromatic heterocycles. The first-order chi connectivity index (χ1) is 13.3. The van der Waals surface area contributed by atoms with Crippen LogP contribution in [0, 0.1) is 0 Å². The summed E-state index contributed by atoms with van der Waals surface area (Å²) in [6, 6.07) is 8.28. The van der Waals surface area contributed by atoms with Crippen LogP contribution in [-0.4, -0.2) is 71.1 Å². The summed E-state index contributed by atoms with van der Waals surface area (Å²) in [5.41, 5.74) is 1.30. The van der Waals surface area contributed by atoms with Crippen LogP contribution in [-0.2, 0) is 15.9 Å². The molecule has 1 fully saturated rings. The normalized spacial score (nSPS) is 15.8. The minimum absolute atomic E-state index is 0.365. The zero-order chi connectivity index (χ0) is 19.3. The molecule has 1 aliphatic heterocycles. The van der Waals surface area contributed by atoms with Gasteiger partial charge in [0.25, 0.3) is 0 Å². The highest BCUT2D eigenvalue weighted by atomic mass is 16.5. The molecule has 0 aliphatic carbocycles. The number of nitrogens with zero attached hydrogens (tertiary/aromatic N) is 2. The molecule has 1 aromatic carbocycles. The van der Waals surface area contributed by atoms with Crippen molar-refractivity contribution in [2.24, 2.45) is 4.99 Å². The first kappa shape index (κ1) is 21.5. The molecular formula is C21H35N3O3. The molecule has 0 radical (unpaired) electrons. The number of rotatable bonds is 10. The predicted molar refractivity (Wildman–Crippen MR) is 110 cm³/mol. The summed E-state index contributed by atoms with van der Waals surface area (Å²) in [4.78, 5) is 6.78. The van der Waals surface area contributed by atoms with E-state index >= 15 is 0 Å². The van der Waals surface area contributed by atoms with Gasteiger partial charge in [0.15, 0.2) is 5.96 Å². The average molecular weight is 378 g/mol. The van der Waals surface area contributed by atoms with Crippen molar-refractivity contribution in [1.29, 1.82) is 0 Å². The lowest BCUT2D eigenvalue weighted by Gasteiger charge is -2.34. The molecule has 0 spiro atoms. The third-order valence-electron chi connectivity index (χ3n) is 4.86. The Hall–Kier alpha value is -1.79. The fraction of sp³-hybridized carbons (Fsp3) is 0.667. The van der Waals surface area contributed by atoms with Crippen molar-refractivity contribution in [1.82, 2.24) is 10.2 Å². The van der Waals surface area contributed by atoms with E-state index in [9.17, 15) is 0 Å². The van der Waals surface area contributed by atoms with Crippen molar-refractivity contribution in [2.45, 2.75) is 38.2 Å². The Bertz CT molecular complexity index is 557. The first-order valence-electron chi connectivity index (χ1n) is 9.96. The summed E-state index contributed by atoms with van der Waals surface area (Å²) in [5.74, 6) is 1.92. The molecule has 6 heteroatoms. The number of hydrogen-bond donors (Lipinski definition) is 1. The van der Waals surface area contributed by atoms with Crippen molar-refractivity contribution >= 4 is 5.96 Å². The molecule has 0 saturated carbocycles. The van der Waals surface area contributed by atoms with E-state index < -0.39 is 0 Å². The SMILES string of the molecule is CN=C(NCCCc1cccc(OC)c1)N1CCC(OCCCOC)CC1. The van der Waals surface area contributed by atoms with Gasteiger partial charge in [-0.05, 0) is 49.8 Å². The van der Waals surface area contributed by atoms with Gasteiger partial charge in [-0.1, -0.05) is 12.1 Å². The minimum atomic E-state index is 0.365. The highest BCUT2D eigenvalue weighted by Gasteiger charge is 2.21. The molecule has 1 saturated heterocycles. The van der Waals surface area contributed by atoms with Gasteiger partial charge in [-0.2, -0.15) is 0 Å². The Labute approximate surface area is 163 Å². The molecular weight excluding hydrogens is 342 g/mol. The van der Waals surface area contributed by atoms with Gasteiger partial charge < -0.3 is 24.4 Å². The topological polar surface area (TPSA) is 55.3 Å². The first-order valence-corrected chi connectivity index (χ1v) is 9.96.